The lowest BCUT2D eigenvalue weighted by Crippen LogP contribution is -2.31. The van der Waals surface area contributed by atoms with E-state index < -0.39 is 12.0 Å². The maximum absolute atomic E-state index is 10.9. The molecule has 0 unspecified atom stereocenters. The van der Waals surface area contributed by atoms with E-state index in [2.05, 4.69) is 5.29 Å². The number of carboxylic acids is 1. The molecule has 2 atom stereocenters. The third-order valence-corrected chi connectivity index (χ3v) is 2.94. The molecule has 1 aliphatic rings. The van der Waals surface area contributed by atoms with Crippen LogP contribution in [0.3, 0.4) is 0 Å². The SMILES string of the molecule is O=NN1C[C@H](c2ccccc2)C[C@H]1C(=O)O. The first-order valence-electron chi connectivity index (χ1n) is 5.10. The predicted molar refractivity (Wildman–Crippen MR) is 57.7 cm³/mol. The van der Waals surface area contributed by atoms with Gasteiger partial charge in [0.1, 0.15) is 6.04 Å². The fourth-order valence-electron chi connectivity index (χ4n) is 2.10. The lowest BCUT2D eigenvalue weighted by molar-refractivity contribution is -0.142. The average molecular weight is 220 g/mol. The molecule has 84 valence electrons. The quantitative estimate of drug-likeness (QED) is 0.785. The molecular formula is C11H12N2O3. The van der Waals surface area contributed by atoms with Crippen LogP contribution in [-0.2, 0) is 4.79 Å². The van der Waals surface area contributed by atoms with Crippen LogP contribution in [0.5, 0.6) is 0 Å². The molecule has 1 aromatic rings. The largest absolute Gasteiger partial charge is 0.480 e. The number of benzene rings is 1. The Hall–Kier alpha value is -1.91. The molecule has 0 amide bonds. The summed E-state index contributed by atoms with van der Waals surface area (Å²) in [5.74, 6) is -0.918. The molecule has 1 aromatic carbocycles. The maximum atomic E-state index is 10.9. The second kappa shape index (κ2) is 4.30. The van der Waals surface area contributed by atoms with Gasteiger partial charge in [0.25, 0.3) is 0 Å². The molecule has 5 heteroatoms. The molecule has 0 aromatic heterocycles. The minimum absolute atomic E-state index is 0.0694. The molecule has 0 radical (unpaired) electrons. The number of carboxylic acid groups (broad SMARTS) is 1. The van der Waals surface area contributed by atoms with Crippen molar-refractivity contribution in [1.29, 1.82) is 0 Å². The Morgan fingerprint density at radius 2 is 2.06 bits per heavy atom. The first-order valence-corrected chi connectivity index (χ1v) is 5.10. The molecule has 2 rings (SSSR count). The van der Waals surface area contributed by atoms with Crippen molar-refractivity contribution in [2.24, 2.45) is 5.29 Å². The van der Waals surface area contributed by atoms with Gasteiger partial charge < -0.3 is 5.11 Å². The summed E-state index contributed by atoms with van der Waals surface area (Å²) in [6.07, 6.45) is 0.436. The summed E-state index contributed by atoms with van der Waals surface area (Å²) in [4.78, 5) is 21.4. The summed E-state index contributed by atoms with van der Waals surface area (Å²) in [6.45, 7) is 0.379. The summed E-state index contributed by atoms with van der Waals surface area (Å²) in [7, 11) is 0. The normalized spacial score (nSPS) is 24.4. The summed E-state index contributed by atoms with van der Waals surface area (Å²) < 4.78 is 0. The lowest BCUT2D eigenvalue weighted by Gasteiger charge is -2.11. The van der Waals surface area contributed by atoms with E-state index in [1.165, 1.54) is 0 Å². The minimum Gasteiger partial charge on any atom is -0.480 e. The van der Waals surface area contributed by atoms with E-state index in [0.717, 1.165) is 10.6 Å². The minimum atomic E-state index is -0.988. The van der Waals surface area contributed by atoms with Crippen LogP contribution < -0.4 is 0 Å². The van der Waals surface area contributed by atoms with Crippen LogP contribution >= 0.6 is 0 Å². The van der Waals surface area contributed by atoms with E-state index in [1.807, 2.05) is 30.3 Å². The number of hydrogen-bond acceptors (Lipinski definition) is 3. The highest BCUT2D eigenvalue weighted by atomic mass is 16.4. The van der Waals surface area contributed by atoms with Gasteiger partial charge in [-0.1, -0.05) is 30.3 Å². The Bertz CT molecular complexity index is 393. The predicted octanol–water partition coefficient (Wildman–Crippen LogP) is 1.61. The molecule has 0 aliphatic carbocycles. The van der Waals surface area contributed by atoms with E-state index >= 15 is 0 Å². The lowest BCUT2D eigenvalue weighted by atomic mass is 9.96. The van der Waals surface area contributed by atoms with Gasteiger partial charge in [0, 0.05) is 12.5 Å². The second-order valence-electron chi connectivity index (χ2n) is 3.90. The van der Waals surface area contributed by atoms with Gasteiger partial charge in [-0.3, -0.25) is 0 Å². The summed E-state index contributed by atoms with van der Waals surface area (Å²) >= 11 is 0. The molecule has 1 fully saturated rings. The van der Waals surface area contributed by atoms with E-state index in [9.17, 15) is 9.70 Å². The van der Waals surface area contributed by atoms with E-state index in [0.29, 0.717) is 13.0 Å². The Labute approximate surface area is 92.6 Å². The Morgan fingerprint density at radius 1 is 1.38 bits per heavy atom. The van der Waals surface area contributed by atoms with Crippen molar-refractivity contribution in [2.75, 3.05) is 6.54 Å². The molecule has 1 heterocycles. The molecule has 0 spiro atoms. The monoisotopic (exact) mass is 220 g/mol. The van der Waals surface area contributed by atoms with E-state index in [1.54, 1.807) is 0 Å². The molecular weight excluding hydrogens is 208 g/mol. The zero-order valence-electron chi connectivity index (χ0n) is 8.61. The summed E-state index contributed by atoms with van der Waals surface area (Å²) in [5.41, 5.74) is 1.06. The van der Waals surface area contributed by atoms with E-state index in [4.69, 9.17) is 5.11 Å². The average Bonchev–Trinajstić information content (AvgIpc) is 2.74. The van der Waals surface area contributed by atoms with Crippen molar-refractivity contribution in [3.63, 3.8) is 0 Å². The molecule has 1 saturated heterocycles. The number of nitroso groups, excluding NO2 is 1. The summed E-state index contributed by atoms with van der Waals surface area (Å²) in [6, 6.07) is 8.81. The van der Waals surface area contributed by atoms with Crippen LogP contribution in [-0.4, -0.2) is 28.7 Å². The number of aliphatic carboxylic acids is 1. The van der Waals surface area contributed by atoms with Crippen LogP contribution in [0.25, 0.3) is 0 Å². The number of rotatable bonds is 3. The van der Waals surface area contributed by atoms with Gasteiger partial charge >= 0.3 is 5.97 Å². The number of hydrogen-bond donors (Lipinski definition) is 1. The summed E-state index contributed by atoms with van der Waals surface area (Å²) in [5, 5.41) is 12.8. The van der Waals surface area contributed by atoms with Crippen molar-refractivity contribution in [2.45, 2.75) is 18.4 Å². The molecule has 1 N–H and O–H groups in total. The standard InChI is InChI=1S/C11H12N2O3/c14-11(15)10-6-9(7-13(10)12-16)8-4-2-1-3-5-8/h1-5,9-10H,6-7H2,(H,14,15)/t9-,10+/m1/s1. The smallest absolute Gasteiger partial charge is 0.328 e. The van der Waals surface area contributed by atoms with Crippen LogP contribution in [0.2, 0.25) is 0 Å². The second-order valence-corrected chi connectivity index (χ2v) is 3.90. The Morgan fingerprint density at radius 3 is 2.56 bits per heavy atom. The van der Waals surface area contributed by atoms with Gasteiger partial charge in [-0.05, 0) is 12.0 Å². The number of carbonyl (C=O) groups is 1. The topological polar surface area (TPSA) is 70.0 Å². The van der Waals surface area contributed by atoms with Crippen molar-refractivity contribution >= 4 is 5.97 Å². The van der Waals surface area contributed by atoms with Gasteiger partial charge in [0.2, 0.25) is 0 Å². The number of nitrogens with zero attached hydrogens (tertiary/aromatic N) is 2. The highest BCUT2D eigenvalue weighted by Crippen LogP contribution is 2.31. The van der Waals surface area contributed by atoms with Crippen LogP contribution in [0.15, 0.2) is 35.6 Å². The molecule has 0 bridgehead atoms. The zero-order chi connectivity index (χ0) is 11.5. The van der Waals surface area contributed by atoms with Crippen molar-refractivity contribution < 1.29 is 9.90 Å². The molecule has 5 nitrogen and oxygen atoms in total. The van der Waals surface area contributed by atoms with Crippen LogP contribution in [0, 0.1) is 4.91 Å². The Balaban J connectivity index is 2.17. The maximum Gasteiger partial charge on any atom is 0.328 e. The third-order valence-electron chi connectivity index (χ3n) is 2.94. The first kappa shape index (κ1) is 10.6. The fourth-order valence-corrected chi connectivity index (χ4v) is 2.10. The van der Waals surface area contributed by atoms with Gasteiger partial charge in [0.05, 0.1) is 5.29 Å². The van der Waals surface area contributed by atoms with Crippen LogP contribution in [0.1, 0.15) is 17.9 Å². The first-order chi connectivity index (χ1) is 7.72. The fraction of sp³-hybridized carbons (Fsp3) is 0.364. The van der Waals surface area contributed by atoms with Crippen molar-refractivity contribution in [1.82, 2.24) is 5.01 Å². The Kier molecular flexibility index (Phi) is 2.85. The molecule has 1 aliphatic heterocycles. The van der Waals surface area contributed by atoms with Crippen LogP contribution in [0.4, 0.5) is 0 Å². The van der Waals surface area contributed by atoms with E-state index in [-0.39, 0.29) is 5.92 Å². The zero-order valence-corrected chi connectivity index (χ0v) is 8.61. The highest BCUT2D eigenvalue weighted by molar-refractivity contribution is 5.74. The van der Waals surface area contributed by atoms with Gasteiger partial charge in [-0.25, -0.2) is 9.80 Å². The highest BCUT2D eigenvalue weighted by Gasteiger charge is 2.37. The third kappa shape index (κ3) is 1.88. The van der Waals surface area contributed by atoms with Gasteiger partial charge in [0.15, 0.2) is 0 Å². The molecule has 16 heavy (non-hydrogen) atoms. The van der Waals surface area contributed by atoms with Gasteiger partial charge in [-0.2, -0.15) is 0 Å². The van der Waals surface area contributed by atoms with Crippen molar-refractivity contribution in [3.8, 4) is 0 Å². The van der Waals surface area contributed by atoms with Gasteiger partial charge in [-0.15, -0.1) is 4.91 Å². The molecule has 0 saturated carbocycles. The van der Waals surface area contributed by atoms with Crippen molar-refractivity contribution in [3.05, 3.63) is 40.8 Å².